The minimum absolute atomic E-state index is 0.0101. The molecule has 0 saturated carbocycles. The monoisotopic (exact) mass is 297 g/mol. The molecule has 0 atom stereocenters. The molecule has 2 aromatic rings. The van der Waals surface area contributed by atoms with Crippen LogP contribution in [0.2, 0.25) is 0 Å². The Morgan fingerprint density at radius 2 is 1.81 bits per heavy atom. The minimum Gasteiger partial charge on any atom is -0.376 e. The molecule has 0 aliphatic rings. The number of anilines is 4. The van der Waals surface area contributed by atoms with E-state index in [-0.39, 0.29) is 5.82 Å². The lowest BCUT2D eigenvalue weighted by Gasteiger charge is -2.18. The minimum atomic E-state index is -4.57. The average molecular weight is 297 g/mol. The van der Waals surface area contributed by atoms with Gasteiger partial charge in [-0.15, -0.1) is 0 Å². The first kappa shape index (κ1) is 14.9. The summed E-state index contributed by atoms with van der Waals surface area (Å²) in [6.45, 7) is 0. The van der Waals surface area contributed by atoms with Crippen molar-refractivity contribution in [2.45, 2.75) is 6.18 Å². The summed E-state index contributed by atoms with van der Waals surface area (Å²) in [6.07, 6.45) is -4.57. The van der Waals surface area contributed by atoms with E-state index in [0.717, 1.165) is 11.8 Å². The number of benzene rings is 1. The lowest BCUT2D eigenvalue weighted by molar-refractivity contribution is -0.141. The van der Waals surface area contributed by atoms with E-state index in [2.05, 4.69) is 15.3 Å². The standard InChI is InChI=1S/C13H14F3N5/c1-21(2)9-6-4-3-5-8(9)18-11-7-10(13(14,15)16)19-12(17)20-11/h3-7H,1-2H3,(H3,17,18,19,20). The fraction of sp³-hybridized carbons (Fsp3) is 0.231. The molecular weight excluding hydrogens is 283 g/mol. The van der Waals surface area contributed by atoms with Gasteiger partial charge in [-0.25, -0.2) is 4.98 Å². The summed E-state index contributed by atoms with van der Waals surface area (Å²) >= 11 is 0. The van der Waals surface area contributed by atoms with E-state index in [1.807, 2.05) is 31.1 Å². The maximum Gasteiger partial charge on any atom is 0.433 e. The smallest absolute Gasteiger partial charge is 0.376 e. The van der Waals surface area contributed by atoms with Gasteiger partial charge in [0, 0.05) is 20.2 Å². The van der Waals surface area contributed by atoms with E-state index in [4.69, 9.17) is 5.73 Å². The lowest BCUT2D eigenvalue weighted by Crippen LogP contribution is -2.13. The third-order valence-electron chi connectivity index (χ3n) is 2.68. The molecule has 5 nitrogen and oxygen atoms in total. The Bertz CT molecular complexity index is 640. The van der Waals surface area contributed by atoms with Gasteiger partial charge in [-0.3, -0.25) is 0 Å². The number of nitrogen functional groups attached to an aromatic ring is 1. The Hall–Kier alpha value is -2.51. The molecule has 0 spiro atoms. The second kappa shape index (κ2) is 5.47. The van der Waals surface area contributed by atoms with E-state index >= 15 is 0 Å². The Morgan fingerprint density at radius 3 is 2.43 bits per heavy atom. The Balaban J connectivity index is 2.39. The highest BCUT2D eigenvalue weighted by atomic mass is 19.4. The van der Waals surface area contributed by atoms with Gasteiger partial charge in [0.25, 0.3) is 0 Å². The normalized spacial score (nSPS) is 11.3. The summed E-state index contributed by atoms with van der Waals surface area (Å²) in [4.78, 5) is 8.81. The largest absolute Gasteiger partial charge is 0.433 e. The number of aromatic nitrogens is 2. The zero-order chi connectivity index (χ0) is 15.6. The second-order valence-electron chi connectivity index (χ2n) is 4.53. The highest BCUT2D eigenvalue weighted by Crippen LogP contribution is 2.31. The van der Waals surface area contributed by atoms with Crippen LogP contribution in [0.25, 0.3) is 0 Å². The predicted molar refractivity (Wildman–Crippen MR) is 75.5 cm³/mol. The van der Waals surface area contributed by atoms with Crippen LogP contribution in [0.15, 0.2) is 30.3 Å². The van der Waals surface area contributed by atoms with Gasteiger partial charge in [0.05, 0.1) is 11.4 Å². The molecule has 0 aliphatic carbocycles. The van der Waals surface area contributed by atoms with Crippen molar-refractivity contribution in [3.05, 3.63) is 36.0 Å². The van der Waals surface area contributed by atoms with Gasteiger partial charge < -0.3 is 16.0 Å². The van der Waals surface area contributed by atoms with Crippen molar-refractivity contribution in [1.29, 1.82) is 0 Å². The lowest BCUT2D eigenvalue weighted by atomic mass is 10.2. The van der Waals surface area contributed by atoms with Crippen LogP contribution in [0.5, 0.6) is 0 Å². The highest BCUT2D eigenvalue weighted by molar-refractivity contribution is 5.74. The first-order valence-electron chi connectivity index (χ1n) is 6.02. The third kappa shape index (κ3) is 3.53. The number of hydrogen-bond donors (Lipinski definition) is 2. The molecule has 0 fully saturated rings. The third-order valence-corrected chi connectivity index (χ3v) is 2.68. The Labute approximate surface area is 119 Å². The van der Waals surface area contributed by atoms with Crippen LogP contribution in [-0.4, -0.2) is 24.1 Å². The second-order valence-corrected chi connectivity index (χ2v) is 4.53. The summed E-state index contributed by atoms with van der Waals surface area (Å²) < 4.78 is 38.1. The van der Waals surface area contributed by atoms with Crippen LogP contribution in [0, 0.1) is 0 Å². The van der Waals surface area contributed by atoms with E-state index < -0.39 is 17.8 Å². The fourth-order valence-electron chi connectivity index (χ4n) is 1.78. The number of hydrogen-bond acceptors (Lipinski definition) is 5. The van der Waals surface area contributed by atoms with Crippen molar-refractivity contribution in [2.75, 3.05) is 30.0 Å². The van der Waals surface area contributed by atoms with E-state index in [1.165, 1.54) is 0 Å². The van der Waals surface area contributed by atoms with Crippen LogP contribution in [-0.2, 0) is 6.18 Å². The number of rotatable bonds is 3. The molecule has 1 aromatic heterocycles. The highest BCUT2D eigenvalue weighted by Gasteiger charge is 2.33. The summed E-state index contributed by atoms with van der Waals surface area (Å²) in [6, 6.07) is 7.99. The van der Waals surface area contributed by atoms with Crippen LogP contribution in [0.4, 0.5) is 36.3 Å². The number of nitrogens with one attached hydrogen (secondary N) is 1. The molecule has 3 N–H and O–H groups in total. The zero-order valence-electron chi connectivity index (χ0n) is 11.4. The van der Waals surface area contributed by atoms with Crippen LogP contribution in [0.3, 0.4) is 0 Å². The molecule has 21 heavy (non-hydrogen) atoms. The molecule has 1 aromatic carbocycles. The quantitative estimate of drug-likeness (QED) is 0.912. The van der Waals surface area contributed by atoms with Crippen molar-refractivity contribution >= 4 is 23.1 Å². The molecular formula is C13H14F3N5. The van der Waals surface area contributed by atoms with E-state index in [9.17, 15) is 13.2 Å². The van der Waals surface area contributed by atoms with Crippen molar-refractivity contribution in [3.8, 4) is 0 Å². The summed E-state index contributed by atoms with van der Waals surface area (Å²) in [5, 5.41) is 2.83. The van der Waals surface area contributed by atoms with Gasteiger partial charge in [-0.05, 0) is 12.1 Å². The number of halogens is 3. The van der Waals surface area contributed by atoms with E-state index in [1.54, 1.807) is 12.1 Å². The summed E-state index contributed by atoms with van der Waals surface area (Å²) in [5.74, 6) is -0.446. The number of alkyl halides is 3. The number of nitrogens with two attached hydrogens (primary N) is 1. The molecule has 8 heteroatoms. The van der Waals surface area contributed by atoms with Crippen molar-refractivity contribution in [3.63, 3.8) is 0 Å². The fourth-order valence-corrected chi connectivity index (χ4v) is 1.78. The van der Waals surface area contributed by atoms with Gasteiger partial charge in [0.2, 0.25) is 5.95 Å². The van der Waals surface area contributed by atoms with E-state index in [0.29, 0.717) is 5.69 Å². The molecule has 0 bridgehead atoms. The van der Waals surface area contributed by atoms with Crippen LogP contribution >= 0.6 is 0 Å². The molecule has 0 unspecified atom stereocenters. The summed E-state index contributed by atoms with van der Waals surface area (Å²) in [7, 11) is 3.66. The zero-order valence-corrected chi connectivity index (χ0v) is 11.4. The topological polar surface area (TPSA) is 67.1 Å². The van der Waals surface area contributed by atoms with Gasteiger partial charge in [-0.2, -0.15) is 18.2 Å². The Morgan fingerprint density at radius 1 is 1.14 bits per heavy atom. The maximum atomic E-state index is 12.7. The molecule has 2 rings (SSSR count). The average Bonchev–Trinajstić information content (AvgIpc) is 2.37. The SMILES string of the molecule is CN(C)c1ccccc1Nc1cc(C(F)(F)F)nc(N)n1. The molecule has 0 radical (unpaired) electrons. The Kier molecular flexibility index (Phi) is 3.88. The molecule has 0 amide bonds. The van der Waals surface area contributed by atoms with Gasteiger partial charge in [0.15, 0.2) is 5.69 Å². The van der Waals surface area contributed by atoms with Gasteiger partial charge in [-0.1, -0.05) is 12.1 Å². The van der Waals surface area contributed by atoms with Crippen molar-refractivity contribution in [2.24, 2.45) is 0 Å². The number of nitrogens with zero attached hydrogens (tertiary/aromatic N) is 3. The molecule has 112 valence electrons. The van der Waals surface area contributed by atoms with Crippen LogP contribution in [0.1, 0.15) is 5.69 Å². The van der Waals surface area contributed by atoms with Gasteiger partial charge >= 0.3 is 6.18 Å². The molecule has 0 saturated heterocycles. The van der Waals surface area contributed by atoms with Gasteiger partial charge in [0.1, 0.15) is 5.82 Å². The maximum absolute atomic E-state index is 12.7. The first-order valence-corrected chi connectivity index (χ1v) is 6.02. The first-order chi connectivity index (χ1) is 9.77. The number of para-hydroxylation sites is 2. The molecule has 0 aliphatic heterocycles. The van der Waals surface area contributed by atoms with Crippen molar-refractivity contribution in [1.82, 2.24) is 9.97 Å². The summed E-state index contributed by atoms with van der Waals surface area (Å²) in [5.41, 5.74) is 5.68. The van der Waals surface area contributed by atoms with Crippen molar-refractivity contribution < 1.29 is 13.2 Å². The molecule has 1 heterocycles. The predicted octanol–water partition coefficient (Wildman–Crippen LogP) is 2.89. The van der Waals surface area contributed by atoms with Crippen LogP contribution < -0.4 is 16.0 Å².